The second kappa shape index (κ2) is 9.46. The van der Waals surface area contributed by atoms with Crippen molar-refractivity contribution in [3.05, 3.63) is 45.9 Å². The zero-order valence-electron chi connectivity index (χ0n) is 19.1. The molecule has 170 valence electrons. The molecule has 4 rings (SSSR count). The predicted octanol–water partition coefficient (Wildman–Crippen LogP) is 2.69. The molecule has 1 aliphatic heterocycles. The first-order valence-electron chi connectivity index (χ1n) is 11.1. The van der Waals surface area contributed by atoms with Gasteiger partial charge in [0, 0.05) is 25.3 Å². The molecule has 1 unspecified atom stereocenters. The fourth-order valence-corrected chi connectivity index (χ4v) is 5.31. The molecule has 0 saturated heterocycles. The van der Waals surface area contributed by atoms with Gasteiger partial charge in [-0.15, -0.1) is 0 Å². The van der Waals surface area contributed by atoms with E-state index in [9.17, 15) is 9.59 Å². The van der Waals surface area contributed by atoms with Crippen LogP contribution >= 0.6 is 11.8 Å². The smallest absolute Gasteiger partial charge is 0.265 e. The van der Waals surface area contributed by atoms with E-state index in [0.717, 1.165) is 30.9 Å². The first kappa shape index (κ1) is 22.5. The van der Waals surface area contributed by atoms with Crippen molar-refractivity contribution >= 4 is 28.7 Å². The van der Waals surface area contributed by atoms with Gasteiger partial charge in [0.1, 0.15) is 5.39 Å². The van der Waals surface area contributed by atoms with Crippen LogP contribution in [-0.2, 0) is 4.79 Å². The maximum absolute atomic E-state index is 13.3. The maximum Gasteiger partial charge on any atom is 0.265 e. The van der Waals surface area contributed by atoms with E-state index in [1.54, 1.807) is 15.4 Å². The monoisotopic (exact) mass is 454 g/mol. The van der Waals surface area contributed by atoms with Gasteiger partial charge in [-0.25, -0.2) is 9.67 Å². The van der Waals surface area contributed by atoms with E-state index in [4.69, 9.17) is 4.98 Å². The standard InChI is InChI=1S/C23H30N6O2S/c1-5-27(6-2)10-9-24-20(30)12-17-14-32-23-26-21-18(22(31)28(17)23)13-25-29(21)19-8-7-15(3)11-16(19)4/h7-8,11,13,17H,5-6,9-10,12,14H2,1-4H3,(H,24,30). The van der Waals surface area contributed by atoms with Gasteiger partial charge < -0.3 is 10.2 Å². The van der Waals surface area contributed by atoms with Gasteiger partial charge in [0.2, 0.25) is 5.91 Å². The molecular weight excluding hydrogens is 424 g/mol. The molecule has 1 aromatic carbocycles. The first-order chi connectivity index (χ1) is 15.4. The normalized spacial score (nSPS) is 15.5. The quantitative estimate of drug-likeness (QED) is 0.527. The van der Waals surface area contributed by atoms with Crippen molar-refractivity contribution in [2.45, 2.75) is 45.3 Å². The van der Waals surface area contributed by atoms with Crippen molar-refractivity contribution in [3.8, 4) is 5.69 Å². The highest BCUT2D eigenvalue weighted by atomic mass is 32.2. The number of carbonyl (C=O) groups excluding carboxylic acids is 1. The third-order valence-electron chi connectivity index (χ3n) is 6.02. The number of fused-ring (bicyclic) bond motifs is 2. The number of hydrogen-bond donors (Lipinski definition) is 1. The summed E-state index contributed by atoms with van der Waals surface area (Å²) in [4.78, 5) is 32.8. The summed E-state index contributed by atoms with van der Waals surface area (Å²) in [5.41, 5.74) is 3.58. The summed E-state index contributed by atoms with van der Waals surface area (Å²) in [7, 11) is 0. The number of nitrogens with one attached hydrogen (secondary N) is 1. The molecule has 0 fully saturated rings. The molecule has 9 heteroatoms. The molecule has 0 aliphatic carbocycles. The van der Waals surface area contributed by atoms with Gasteiger partial charge in [-0.3, -0.25) is 14.2 Å². The Kier molecular flexibility index (Phi) is 6.66. The summed E-state index contributed by atoms with van der Waals surface area (Å²) in [6.07, 6.45) is 1.86. The zero-order chi connectivity index (χ0) is 22.8. The third-order valence-corrected chi connectivity index (χ3v) is 7.11. The second-order valence-electron chi connectivity index (χ2n) is 8.20. The number of amides is 1. The molecule has 0 saturated carbocycles. The van der Waals surface area contributed by atoms with Crippen molar-refractivity contribution in [2.75, 3.05) is 31.9 Å². The second-order valence-corrected chi connectivity index (χ2v) is 9.19. The topological polar surface area (TPSA) is 85.1 Å². The summed E-state index contributed by atoms with van der Waals surface area (Å²) in [6, 6.07) is 5.92. The highest BCUT2D eigenvalue weighted by molar-refractivity contribution is 7.99. The fraction of sp³-hybridized carbons (Fsp3) is 0.478. The van der Waals surface area contributed by atoms with Crippen LogP contribution in [0.3, 0.4) is 0 Å². The summed E-state index contributed by atoms with van der Waals surface area (Å²) in [5.74, 6) is 0.628. The summed E-state index contributed by atoms with van der Waals surface area (Å²) in [5, 5.41) is 8.58. The lowest BCUT2D eigenvalue weighted by Crippen LogP contribution is -2.36. The number of rotatable bonds is 8. The van der Waals surface area contributed by atoms with Crippen LogP contribution in [-0.4, -0.2) is 62.1 Å². The lowest BCUT2D eigenvalue weighted by atomic mass is 10.1. The number of carbonyl (C=O) groups is 1. The molecule has 3 heterocycles. The molecule has 32 heavy (non-hydrogen) atoms. The molecule has 1 amide bonds. The lowest BCUT2D eigenvalue weighted by molar-refractivity contribution is -0.121. The number of benzene rings is 1. The van der Waals surface area contributed by atoms with Crippen molar-refractivity contribution in [3.63, 3.8) is 0 Å². The Hall–Kier alpha value is -2.65. The van der Waals surface area contributed by atoms with Gasteiger partial charge in [0.25, 0.3) is 5.56 Å². The first-order valence-corrected chi connectivity index (χ1v) is 12.1. The molecule has 2 aromatic heterocycles. The SMILES string of the molecule is CCN(CC)CCNC(=O)CC1CSc2nc3c(cnn3-c3ccc(C)cc3C)c(=O)n21. The molecule has 8 nitrogen and oxygen atoms in total. The van der Waals surface area contributed by atoms with E-state index in [1.165, 1.54) is 17.3 Å². The van der Waals surface area contributed by atoms with Crippen LogP contribution in [0, 0.1) is 13.8 Å². The van der Waals surface area contributed by atoms with Gasteiger partial charge in [-0.05, 0) is 38.6 Å². The third kappa shape index (κ3) is 4.31. The van der Waals surface area contributed by atoms with Crippen LogP contribution in [0.15, 0.2) is 34.3 Å². The van der Waals surface area contributed by atoms with Crippen molar-refractivity contribution in [1.29, 1.82) is 0 Å². The average Bonchev–Trinajstić information content (AvgIpc) is 3.36. The molecule has 1 N–H and O–H groups in total. The number of thioether (sulfide) groups is 1. The van der Waals surface area contributed by atoms with Crippen LogP contribution in [0.4, 0.5) is 0 Å². The van der Waals surface area contributed by atoms with Gasteiger partial charge in [0.15, 0.2) is 10.8 Å². The number of nitrogens with zero attached hydrogens (tertiary/aromatic N) is 5. The highest BCUT2D eigenvalue weighted by Crippen LogP contribution is 2.33. The van der Waals surface area contributed by atoms with Crippen molar-refractivity contribution < 1.29 is 4.79 Å². The van der Waals surface area contributed by atoms with Crippen LogP contribution < -0.4 is 10.9 Å². The highest BCUT2D eigenvalue weighted by Gasteiger charge is 2.29. The maximum atomic E-state index is 13.3. The molecule has 0 spiro atoms. The van der Waals surface area contributed by atoms with E-state index in [0.29, 0.717) is 28.5 Å². The Morgan fingerprint density at radius 1 is 1.28 bits per heavy atom. The Morgan fingerprint density at radius 2 is 2.06 bits per heavy atom. The molecule has 0 radical (unpaired) electrons. The van der Waals surface area contributed by atoms with E-state index in [-0.39, 0.29) is 23.9 Å². The van der Waals surface area contributed by atoms with Gasteiger partial charge in [-0.1, -0.05) is 43.3 Å². The minimum atomic E-state index is -0.197. The van der Waals surface area contributed by atoms with E-state index >= 15 is 0 Å². The van der Waals surface area contributed by atoms with E-state index in [2.05, 4.69) is 35.2 Å². The van der Waals surface area contributed by atoms with Crippen LogP contribution in [0.2, 0.25) is 0 Å². The Morgan fingerprint density at radius 3 is 2.78 bits per heavy atom. The number of likely N-dealkylation sites (N-methyl/N-ethyl adjacent to an activating group) is 1. The zero-order valence-corrected chi connectivity index (χ0v) is 19.9. The van der Waals surface area contributed by atoms with Gasteiger partial charge in [-0.2, -0.15) is 5.10 Å². The molecule has 3 aromatic rings. The summed E-state index contributed by atoms with van der Waals surface area (Å²) < 4.78 is 3.41. The van der Waals surface area contributed by atoms with Crippen molar-refractivity contribution in [1.82, 2.24) is 29.5 Å². The van der Waals surface area contributed by atoms with Crippen LogP contribution in [0.25, 0.3) is 16.7 Å². The van der Waals surface area contributed by atoms with E-state index < -0.39 is 0 Å². The fourth-order valence-electron chi connectivity index (χ4n) is 4.18. The Bertz CT molecular complexity index is 1200. The Balaban J connectivity index is 1.56. The Labute approximate surface area is 192 Å². The number of hydrogen-bond acceptors (Lipinski definition) is 6. The predicted molar refractivity (Wildman–Crippen MR) is 128 cm³/mol. The number of aromatic nitrogens is 4. The minimum absolute atomic E-state index is 0.0337. The summed E-state index contributed by atoms with van der Waals surface area (Å²) >= 11 is 1.52. The number of aryl methyl sites for hydroxylation is 2. The van der Waals surface area contributed by atoms with E-state index in [1.807, 2.05) is 26.0 Å². The summed E-state index contributed by atoms with van der Waals surface area (Å²) in [6.45, 7) is 11.7. The molecule has 1 aliphatic rings. The van der Waals surface area contributed by atoms with Crippen molar-refractivity contribution in [2.24, 2.45) is 0 Å². The van der Waals surface area contributed by atoms with Crippen LogP contribution in [0.5, 0.6) is 0 Å². The largest absolute Gasteiger partial charge is 0.355 e. The molecule has 1 atom stereocenters. The minimum Gasteiger partial charge on any atom is -0.355 e. The molecular formula is C23H30N6O2S. The average molecular weight is 455 g/mol. The van der Waals surface area contributed by atoms with Gasteiger partial charge in [0.05, 0.1) is 17.9 Å². The van der Waals surface area contributed by atoms with Crippen LogP contribution in [0.1, 0.15) is 37.4 Å². The lowest BCUT2D eigenvalue weighted by Gasteiger charge is -2.18. The molecule has 0 bridgehead atoms. The van der Waals surface area contributed by atoms with Gasteiger partial charge >= 0.3 is 0 Å².